The summed E-state index contributed by atoms with van der Waals surface area (Å²) in [4.78, 5) is 39.1. The van der Waals surface area contributed by atoms with Crippen LogP contribution in [-0.4, -0.2) is 37.7 Å². The lowest BCUT2D eigenvalue weighted by molar-refractivity contribution is -0.714. The average molecular weight is 508 g/mol. The Bertz CT molecular complexity index is 854. The fourth-order valence-corrected chi connectivity index (χ4v) is 3.48. The molecule has 1 aromatic carbocycles. The monoisotopic (exact) mass is 507 g/mol. The molecule has 2 rings (SSSR count). The predicted molar refractivity (Wildman–Crippen MR) is 113 cm³/mol. The van der Waals surface area contributed by atoms with Crippen molar-refractivity contribution in [3.05, 3.63) is 66.0 Å². The maximum absolute atomic E-state index is 13.1. The molecule has 0 saturated heterocycles. The number of benzene rings is 1. The van der Waals surface area contributed by atoms with Gasteiger partial charge >= 0.3 is 17.9 Å². The van der Waals surface area contributed by atoms with Crippen molar-refractivity contribution < 1.29 is 50.1 Å². The van der Waals surface area contributed by atoms with Crippen LogP contribution in [0.5, 0.6) is 0 Å². The van der Waals surface area contributed by atoms with Gasteiger partial charge in [0.25, 0.3) is 6.04 Å². The molecule has 0 N–H and O–H groups in total. The standard InChI is InChI=1S/C24H30NO6.BrH/c1-5-29-22(26)20(23(27)30-6-2)19(18-13-11-17(4)12-14-18)21(24(28)31-7-3)25-15-9-8-10-16-25;/h8-16,19-21H,5-7H2,1-4H3;1H/q+1;/p-1. The Kier molecular flexibility index (Phi) is 11.6. The molecule has 7 nitrogen and oxygen atoms in total. The first-order valence-corrected chi connectivity index (χ1v) is 10.5. The number of halogens is 1. The highest BCUT2D eigenvalue weighted by molar-refractivity contribution is 5.97. The van der Waals surface area contributed by atoms with Crippen LogP contribution in [0.4, 0.5) is 0 Å². The van der Waals surface area contributed by atoms with Crippen molar-refractivity contribution in [1.82, 2.24) is 0 Å². The number of hydrogen-bond acceptors (Lipinski definition) is 6. The van der Waals surface area contributed by atoms with Crippen LogP contribution in [0.3, 0.4) is 0 Å². The van der Waals surface area contributed by atoms with E-state index in [0.29, 0.717) is 5.56 Å². The van der Waals surface area contributed by atoms with Gasteiger partial charge in [-0.15, -0.1) is 0 Å². The van der Waals surface area contributed by atoms with Gasteiger partial charge in [0.05, 0.1) is 25.7 Å². The summed E-state index contributed by atoms with van der Waals surface area (Å²) in [5.74, 6) is -4.27. The number of ether oxygens (including phenoxy) is 3. The Morgan fingerprint density at radius 2 is 1.25 bits per heavy atom. The summed E-state index contributed by atoms with van der Waals surface area (Å²) in [6, 6.07) is 11.7. The second-order valence-electron chi connectivity index (χ2n) is 6.94. The smallest absolute Gasteiger partial charge is 0.376 e. The molecule has 0 aliphatic heterocycles. The van der Waals surface area contributed by atoms with Gasteiger partial charge in [0.15, 0.2) is 18.3 Å². The summed E-state index contributed by atoms with van der Waals surface area (Å²) in [5.41, 5.74) is 1.64. The summed E-state index contributed by atoms with van der Waals surface area (Å²) in [5, 5.41) is 0. The maximum Gasteiger partial charge on any atom is 0.376 e. The van der Waals surface area contributed by atoms with Gasteiger partial charge in [-0.05, 0) is 33.3 Å². The fourth-order valence-electron chi connectivity index (χ4n) is 3.48. The Morgan fingerprint density at radius 3 is 1.72 bits per heavy atom. The highest BCUT2D eigenvalue weighted by Crippen LogP contribution is 2.36. The van der Waals surface area contributed by atoms with Crippen LogP contribution >= 0.6 is 0 Å². The largest absolute Gasteiger partial charge is 1.00 e. The van der Waals surface area contributed by atoms with Crippen LogP contribution in [0.25, 0.3) is 0 Å². The van der Waals surface area contributed by atoms with Crippen LogP contribution in [0.2, 0.25) is 0 Å². The number of esters is 3. The third kappa shape index (κ3) is 6.88. The molecule has 0 spiro atoms. The summed E-state index contributed by atoms with van der Waals surface area (Å²) in [6.45, 7) is 7.32. The van der Waals surface area contributed by atoms with E-state index in [2.05, 4.69) is 0 Å². The molecule has 2 unspecified atom stereocenters. The molecule has 0 saturated carbocycles. The SMILES string of the molecule is CCOC(=O)C(C(=O)OCC)C(c1ccc(C)cc1)C(C(=O)OCC)[n+]1ccccc1.[Br-]. The zero-order chi connectivity index (χ0) is 22.8. The van der Waals surface area contributed by atoms with Crippen LogP contribution in [0.15, 0.2) is 54.9 Å². The number of pyridine rings is 1. The van der Waals surface area contributed by atoms with E-state index in [1.165, 1.54) is 0 Å². The highest BCUT2D eigenvalue weighted by Gasteiger charge is 2.50. The Hall–Kier alpha value is -2.74. The van der Waals surface area contributed by atoms with Crippen LogP contribution < -0.4 is 21.5 Å². The molecule has 0 fully saturated rings. The van der Waals surface area contributed by atoms with Crippen LogP contribution in [-0.2, 0) is 28.6 Å². The fraction of sp³-hybridized carbons (Fsp3) is 0.417. The summed E-state index contributed by atoms with van der Waals surface area (Å²) >= 11 is 0. The van der Waals surface area contributed by atoms with Gasteiger partial charge in [0, 0.05) is 12.1 Å². The Morgan fingerprint density at radius 1 is 0.781 bits per heavy atom. The summed E-state index contributed by atoms with van der Waals surface area (Å²) in [7, 11) is 0. The van der Waals surface area contributed by atoms with Crippen molar-refractivity contribution in [2.75, 3.05) is 19.8 Å². The molecule has 2 atom stereocenters. The summed E-state index contributed by atoms with van der Waals surface area (Å²) in [6.07, 6.45) is 3.41. The van der Waals surface area contributed by atoms with Crippen molar-refractivity contribution >= 4 is 17.9 Å². The van der Waals surface area contributed by atoms with E-state index in [-0.39, 0.29) is 36.8 Å². The van der Waals surface area contributed by atoms with Crippen molar-refractivity contribution in [3.8, 4) is 0 Å². The lowest BCUT2D eigenvalue weighted by Crippen LogP contribution is -3.00. The van der Waals surface area contributed by atoms with Crippen molar-refractivity contribution in [1.29, 1.82) is 0 Å². The van der Waals surface area contributed by atoms with E-state index in [0.717, 1.165) is 5.56 Å². The quantitative estimate of drug-likeness (QED) is 0.193. The van der Waals surface area contributed by atoms with Gasteiger partial charge in [-0.3, -0.25) is 9.59 Å². The van der Waals surface area contributed by atoms with E-state index >= 15 is 0 Å². The Labute approximate surface area is 199 Å². The van der Waals surface area contributed by atoms with Gasteiger partial charge in [-0.2, -0.15) is 4.57 Å². The molecular formula is C24H30BrNO6. The lowest BCUT2D eigenvalue weighted by Gasteiger charge is -2.27. The molecule has 174 valence electrons. The van der Waals surface area contributed by atoms with Gasteiger partial charge < -0.3 is 31.2 Å². The first-order chi connectivity index (χ1) is 14.9. The summed E-state index contributed by atoms with van der Waals surface area (Å²) < 4.78 is 17.4. The zero-order valence-electron chi connectivity index (χ0n) is 18.8. The van der Waals surface area contributed by atoms with Crippen LogP contribution in [0, 0.1) is 12.8 Å². The van der Waals surface area contributed by atoms with Crippen molar-refractivity contribution in [2.45, 2.75) is 39.7 Å². The molecule has 0 amide bonds. The third-order valence-electron chi connectivity index (χ3n) is 4.83. The average Bonchev–Trinajstić information content (AvgIpc) is 2.75. The number of hydrogen-bond donors (Lipinski definition) is 0. The highest BCUT2D eigenvalue weighted by atomic mass is 79.9. The minimum absolute atomic E-state index is 0. The number of carbonyl (C=O) groups excluding carboxylic acids is 3. The van der Waals surface area contributed by atoms with Crippen molar-refractivity contribution in [3.63, 3.8) is 0 Å². The number of aromatic nitrogens is 1. The molecule has 2 aromatic rings. The molecule has 8 heteroatoms. The Balaban J connectivity index is 0.00000512. The van der Waals surface area contributed by atoms with Crippen molar-refractivity contribution in [2.24, 2.45) is 5.92 Å². The number of aryl methyl sites for hydroxylation is 1. The maximum atomic E-state index is 13.1. The van der Waals surface area contributed by atoms with Gasteiger partial charge in [0.2, 0.25) is 0 Å². The molecule has 1 heterocycles. The predicted octanol–water partition coefficient (Wildman–Crippen LogP) is -0.0831. The molecule has 0 aliphatic carbocycles. The first-order valence-electron chi connectivity index (χ1n) is 10.5. The molecule has 1 aromatic heterocycles. The lowest BCUT2D eigenvalue weighted by atomic mass is 9.79. The first kappa shape index (κ1) is 27.3. The van der Waals surface area contributed by atoms with E-state index in [4.69, 9.17) is 14.2 Å². The van der Waals surface area contributed by atoms with Crippen LogP contribution in [0.1, 0.15) is 43.9 Å². The zero-order valence-corrected chi connectivity index (χ0v) is 20.4. The van der Waals surface area contributed by atoms with E-state index in [1.54, 1.807) is 62.0 Å². The molecule has 0 aliphatic rings. The second-order valence-corrected chi connectivity index (χ2v) is 6.94. The minimum Gasteiger partial charge on any atom is -1.00 e. The minimum atomic E-state index is -1.34. The third-order valence-corrected chi connectivity index (χ3v) is 4.83. The molecular weight excluding hydrogens is 478 g/mol. The number of nitrogens with zero attached hydrogens (tertiary/aromatic N) is 1. The molecule has 32 heavy (non-hydrogen) atoms. The van der Waals surface area contributed by atoms with E-state index in [1.807, 2.05) is 25.1 Å². The molecule has 0 bridgehead atoms. The van der Waals surface area contributed by atoms with E-state index < -0.39 is 35.8 Å². The topological polar surface area (TPSA) is 82.8 Å². The second kappa shape index (κ2) is 13.6. The van der Waals surface area contributed by atoms with E-state index in [9.17, 15) is 14.4 Å². The number of rotatable bonds is 10. The normalized spacial score (nSPS) is 12.3. The molecule has 0 radical (unpaired) electrons. The number of carbonyl (C=O) groups is 3. The van der Waals surface area contributed by atoms with Gasteiger partial charge in [0.1, 0.15) is 0 Å². The van der Waals surface area contributed by atoms with Gasteiger partial charge in [-0.1, -0.05) is 35.9 Å². The van der Waals surface area contributed by atoms with Gasteiger partial charge in [-0.25, -0.2) is 4.79 Å².